The van der Waals surface area contributed by atoms with E-state index in [4.69, 9.17) is 44.9 Å². The highest BCUT2D eigenvalue weighted by Gasteiger charge is 2.52. The van der Waals surface area contributed by atoms with Gasteiger partial charge in [0.1, 0.15) is 35.6 Å². The molecule has 1 N–H and O–H groups in total. The molecule has 0 radical (unpaired) electrons. The summed E-state index contributed by atoms with van der Waals surface area (Å²) >= 11 is 6.65. The number of ether oxygens (including phenoxy) is 4. The second-order valence-corrected chi connectivity index (χ2v) is 18.5. The number of imidazole rings is 1. The summed E-state index contributed by atoms with van der Waals surface area (Å²) in [7, 11) is -2.01. The van der Waals surface area contributed by atoms with Gasteiger partial charge in [-0.2, -0.15) is 4.98 Å². The van der Waals surface area contributed by atoms with Crippen LogP contribution in [0.2, 0.25) is 23.2 Å². The summed E-state index contributed by atoms with van der Waals surface area (Å²) in [6.45, 7) is 14.8. The van der Waals surface area contributed by atoms with Gasteiger partial charge < -0.3 is 28.7 Å². The molecule has 43 heavy (non-hydrogen) atoms. The third-order valence-corrected chi connectivity index (χ3v) is 14.1. The Balaban J connectivity index is 1.26. The SMILES string of the molecule is Cc1cccc(F)c1CNc1nc2c(cc1Cl)nc(O[C@@H]1CO[C@@H]3C(O[Si](C)(C)C(C)(C)C)CO[C@@H]31)n2C1CCCCO1. The van der Waals surface area contributed by atoms with Crippen molar-refractivity contribution in [2.24, 2.45) is 0 Å². The number of halogens is 2. The van der Waals surface area contributed by atoms with Gasteiger partial charge >= 0.3 is 6.01 Å². The molecule has 6 rings (SSSR count). The molecule has 0 bridgehead atoms. The van der Waals surface area contributed by atoms with Crippen LogP contribution in [0.1, 0.15) is 57.4 Å². The molecule has 3 saturated heterocycles. The first kappa shape index (κ1) is 30.7. The Morgan fingerprint density at radius 2 is 1.84 bits per heavy atom. The average molecular weight is 633 g/mol. The number of hydrogen-bond donors (Lipinski definition) is 1. The van der Waals surface area contributed by atoms with E-state index >= 15 is 0 Å². The molecule has 3 aliphatic heterocycles. The van der Waals surface area contributed by atoms with Crippen LogP contribution in [-0.4, -0.2) is 67.1 Å². The summed E-state index contributed by atoms with van der Waals surface area (Å²) in [5.41, 5.74) is 2.59. The fourth-order valence-corrected chi connectivity index (χ4v) is 7.28. The van der Waals surface area contributed by atoms with Crippen molar-refractivity contribution in [3.63, 3.8) is 0 Å². The highest BCUT2D eigenvalue weighted by molar-refractivity contribution is 6.74. The third kappa shape index (κ3) is 6.04. The smallest absolute Gasteiger partial charge is 0.301 e. The van der Waals surface area contributed by atoms with Gasteiger partial charge in [-0.05, 0) is 62.0 Å². The summed E-state index contributed by atoms with van der Waals surface area (Å²) in [6.07, 6.45) is 1.55. The summed E-state index contributed by atoms with van der Waals surface area (Å²) < 4.78 is 48.3. The number of hydrogen-bond acceptors (Lipinski definition) is 8. The van der Waals surface area contributed by atoms with E-state index < -0.39 is 8.32 Å². The molecule has 0 aliphatic carbocycles. The Morgan fingerprint density at radius 3 is 2.53 bits per heavy atom. The van der Waals surface area contributed by atoms with Crippen molar-refractivity contribution in [2.45, 2.75) is 102 Å². The number of rotatable bonds is 8. The molecule has 12 heteroatoms. The number of nitrogens with one attached hydrogen (secondary N) is 1. The first-order valence-corrected chi connectivity index (χ1v) is 18.5. The van der Waals surface area contributed by atoms with Gasteiger partial charge in [-0.3, -0.25) is 4.57 Å². The minimum atomic E-state index is -2.01. The van der Waals surface area contributed by atoms with Crippen molar-refractivity contribution in [3.05, 3.63) is 46.2 Å². The van der Waals surface area contributed by atoms with Gasteiger partial charge in [0.25, 0.3) is 0 Å². The largest absolute Gasteiger partial charge is 0.456 e. The van der Waals surface area contributed by atoms with E-state index in [1.54, 1.807) is 12.1 Å². The molecule has 0 amide bonds. The Labute approximate surface area is 258 Å². The second kappa shape index (κ2) is 11.9. The van der Waals surface area contributed by atoms with Crippen LogP contribution in [-0.2, 0) is 25.2 Å². The van der Waals surface area contributed by atoms with E-state index in [9.17, 15) is 4.39 Å². The van der Waals surface area contributed by atoms with Crippen LogP contribution in [0.5, 0.6) is 6.01 Å². The zero-order valence-corrected chi connectivity index (χ0v) is 27.5. The maximum absolute atomic E-state index is 14.5. The molecular weight excluding hydrogens is 591 g/mol. The van der Waals surface area contributed by atoms with Crippen LogP contribution in [0.4, 0.5) is 10.2 Å². The van der Waals surface area contributed by atoms with E-state index in [1.165, 1.54) is 6.07 Å². The molecule has 1 aromatic carbocycles. The normalized spacial score (nSPS) is 26.2. The number of anilines is 1. The summed E-state index contributed by atoms with van der Waals surface area (Å²) in [5, 5.41) is 3.69. The summed E-state index contributed by atoms with van der Waals surface area (Å²) in [4.78, 5) is 9.67. The molecule has 234 valence electrons. The zero-order valence-electron chi connectivity index (χ0n) is 25.8. The molecule has 0 spiro atoms. The molecule has 5 heterocycles. The van der Waals surface area contributed by atoms with Crippen molar-refractivity contribution < 1.29 is 27.8 Å². The minimum absolute atomic E-state index is 0.0838. The fraction of sp³-hybridized carbons (Fsp3) is 0.613. The predicted molar refractivity (Wildman–Crippen MR) is 166 cm³/mol. The maximum atomic E-state index is 14.5. The lowest BCUT2D eigenvalue weighted by molar-refractivity contribution is -0.0406. The van der Waals surface area contributed by atoms with Crippen LogP contribution in [0.3, 0.4) is 0 Å². The third-order valence-electron chi connectivity index (χ3n) is 9.29. The molecule has 0 saturated carbocycles. The van der Waals surface area contributed by atoms with Crippen molar-refractivity contribution in [1.29, 1.82) is 0 Å². The molecule has 2 aromatic heterocycles. The lowest BCUT2D eigenvalue weighted by atomic mass is 10.1. The minimum Gasteiger partial charge on any atom is -0.456 e. The molecule has 2 unspecified atom stereocenters. The van der Waals surface area contributed by atoms with Gasteiger partial charge in [-0.1, -0.05) is 44.5 Å². The monoisotopic (exact) mass is 632 g/mol. The van der Waals surface area contributed by atoms with Crippen LogP contribution >= 0.6 is 11.6 Å². The number of fused-ring (bicyclic) bond motifs is 2. The van der Waals surface area contributed by atoms with E-state index in [-0.39, 0.29) is 48.0 Å². The van der Waals surface area contributed by atoms with E-state index in [0.717, 1.165) is 24.8 Å². The van der Waals surface area contributed by atoms with Crippen molar-refractivity contribution in [2.75, 3.05) is 25.1 Å². The Bertz CT molecular complexity index is 1450. The van der Waals surface area contributed by atoms with Crippen LogP contribution in [0.15, 0.2) is 24.3 Å². The van der Waals surface area contributed by atoms with Gasteiger partial charge in [0.2, 0.25) is 0 Å². The lowest BCUT2D eigenvalue weighted by Gasteiger charge is -2.39. The zero-order chi connectivity index (χ0) is 30.5. The molecule has 5 atom stereocenters. The van der Waals surface area contributed by atoms with Gasteiger partial charge in [0.05, 0.1) is 24.3 Å². The first-order chi connectivity index (χ1) is 20.4. The first-order valence-electron chi connectivity index (χ1n) is 15.2. The predicted octanol–water partition coefficient (Wildman–Crippen LogP) is 6.78. The Kier molecular flexibility index (Phi) is 8.51. The van der Waals surface area contributed by atoms with Crippen molar-refractivity contribution >= 4 is 36.9 Å². The van der Waals surface area contributed by atoms with Crippen LogP contribution in [0.25, 0.3) is 11.2 Å². The van der Waals surface area contributed by atoms with Gasteiger partial charge in [-0.15, -0.1) is 0 Å². The average Bonchev–Trinajstić information content (AvgIpc) is 3.63. The Hall–Kier alpha value is -2.28. The topological polar surface area (TPSA) is 88.9 Å². The summed E-state index contributed by atoms with van der Waals surface area (Å²) in [5.74, 6) is 0.165. The van der Waals surface area contributed by atoms with Crippen molar-refractivity contribution in [1.82, 2.24) is 14.5 Å². The second-order valence-electron chi connectivity index (χ2n) is 13.3. The number of nitrogens with zero attached hydrogens (tertiary/aromatic N) is 3. The van der Waals surface area contributed by atoms with E-state index in [2.05, 4.69) is 39.2 Å². The molecular formula is C31H42ClFN4O5Si. The number of benzene rings is 1. The van der Waals surface area contributed by atoms with Gasteiger partial charge in [0, 0.05) is 18.7 Å². The standard InChI is InChI=1S/C31H42ClFN4O5Si/c1-18-10-9-11-21(33)19(18)15-34-28-20(32)14-22-29(36-28)37(25-12-7-8-13-38-25)30(35-22)41-23-16-39-27-24(17-40-26(23)27)42-43(5,6)31(2,3)4/h9-11,14,23-27H,7-8,12-13,15-17H2,1-6H3,(H,34,36)/t23-,24?,25?,26-,27-/m1/s1. The summed E-state index contributed by atoms with van der Waals surface area (Å²) in [6, 6.07) is 7.18. The van der Waals surface area contributed by atoms with Crippen LogP contribution < -0.4 is 10.1 Å². The number of aromatic nitrogens is 3. The van der Waals surface area contributed by atoms with E-state index in [0.29, 0.717) is 53.4 Å². The van der Waals surface area contributed by atoms with Gasteiger partial charge in [0.15, 0.2) is 20.1 Å². The molecule has 3 aliphatic rings. The molecule has 3 fully saturated rings. The van der Waals surface area contributed by atoms with E-state index in [1.807, 2.05) is 17.6 Å². The number of aryl methyl sites for hydroxylation is 1. The Morgan fingerprint density at radius 1 is 1.09 bits per heavy atom. The highest BCUT2D eigenvalue weighted by Crippen LogP contribution is 2.41. The van der Waals surface area contributed by atoms with Gasteiger partial charge in [-0.25, -0.2) is 9.37 Å². The van der Waals surface area contributed by atoms with Crippen LogP contribution in [0, 0.1) is 12.7 Å². The lowest BCUT2D eigenvalue weighted by Crippen LogP contribution is -2.47. The molecule has 9 nitrogen and oxygen atoms in total. The fourth-order valence-electron chi connectivity index (χ4n) is 5.75. The quantitative estimate of drug-likeness (QED) is 0.272. The van der Waals surface area contributed by atoms with Crippen molar-refractivity contribution in [3.8, 4) is 6.01 Å². The maximum Gasteiger partial charge on any atom is 0.301 e. The molecule has 3 aromatic rings. The highest BCUT2D eigenvalue weighted by atomic mass is 35.5. The number of pyridine rings is 1.